The van der Waals surface area contributed by atoms with Crippen LogP contribution >= 0.6 is 11.6 Å². The van der Waals surface area contributed by atoms with Crippen LogP contribution < -0.4 is 16.4 Å². The van der Waals surface area contributed by atoms with Crippen molar-refractivity contribution in [3.05, 3.63) is 76.8 Å². The number of phenols is 1. The summed E-state index contributed by atoms with van der Waals surface area (Å²) in [5, 5.41) is 16.9. The third-order valence-corrected chi connectivity index (χ3v) is 6.05. The maximum atomic E-state index is 13.4. The van der Waals surface area contributed by atoms with Gasteiger partial charge in [-0.25, -0.2) is 9.37 Å². The van der Waals surface area contributed by atoms with Crippen LogP contribution in [0.25, 0.3) is 11.3 Å². The third kappa shape index (κ3) is 5.66. The first-order chi connectivity index (χ1) is 16.4. The molecule has 0 saturated heterocycles. The van der Waals surface area contributed by atoms with Gasteiger partial charge in [-0.2, -0.15) is 0 Å². The molecule has 1 unspecified atom stereocenters. The highest BCUT2D eigenvalue weighted by Crippen LogP contribution is 2.33. The average Bonchev–Trinajstić information content (AvgIpc) is 3.33. The number of amides is 1. The van der Waals surface area contributed by atoms with Crippen LogP contribution in [0.1, 0.15) is 30.4 Å². The largest absolute Gasteiger partial charge is 0.507 e. The van der Waals surface area contributed by atoms with Crippen LogP contribution in [0.2, 0.25) is 5.02 Å². The fraction of sp³-hybridized carbons (Fsp3) is 0.231. The number of alkyl halides is 1. The van der Waals surface area contributed by atoms with Crippen molar-refractivity contribution in [1.29, 1.82) is 0 Å². The van der Waals surface area contributed by atoms with E-state index in [9.17, 15) is 14.3 Å². The Kier molecular flexibility index (Phi) is 7.33. The Bertz CT molecular complexity index is 1230. The number of anilines is 3. The van der Waals surface area contributed by atoms with E-state index in [1.165, 1.54) is 6.07 Å². The Morgan fingerprint density at radius 2 is 2.03 bits per heavy atom. The van der Waals surface area contributed by atoms with Crippen LogP contribution in [-0.2, 0) is 18.0 Å². The number of nitrogen functional groups attached to an aromatic ring is 1. The monoisotopic (exact) mass is 480 g/mol. The van der Waals surface area contributed by atoms with Crippen molar-refractivity contribution < 1.29 is 14.3 Å². The topological polar surface area (TPSA) is 100 Å². The van der Waals surface area contributed by atoms with Crippen LogP contribution in [0, 0.1) is 5.92 Å². The van der Waals surface area contributed by atoms with Crippen LogP contribution in [0.15, 0.2) is 60.7 Å². The first-order valence-electron chi connectivity index (χ1n) is 11.1. The summed E-state index contributed by atoms with van der Waals surface area (Å²) >= 11 is 5.96. The molecule has 3 aromatic rings. The SMILES string of the molecule is Nc1nc(-c2cc(Nc3ccc(Cl)cc3CF)ccc2O)ccc1CNC(=O)CC1C=CCC1. The minimum absolute atomic E-state index is 0.0219. The number of hydrogen-bond donors (Lipinski definition) is 4. The molecule has 1 aromatic heterocycles. The van der Waals surface area contributed by atoms with E-state index in [0.29, 0.717) is 51.1 Å². The van der Waals surface area contributed by atoms with E-state index in [1.807, 2.05) is 0 Å². The summed E-state index contributed by atoms with van der Waals surface area (Å²) in [5.41, 5.74) is 9.44. The highest BCUT2D eigenvalue weighted by atomic mass is 35.5. The lowest BCUT2D eigenvalue weighted by Gasteiger charge is -2.14. The lowest BCUT2D eigenvalue weighted by atomic mass is 10.0. The van der Waals surface area contributed by atoms with Crippen molar-refractivity contribution in [2.24, 2.45) is 5.92 Å². The number of aromatic hydroxyl groups is 1. The molecule has 4 rings (SSSR count). The van der Waals surface area contributed by atoms with E-state index in [0.717, 1.165) is 12.8 Å². The predicted molar refractivity (Wildman–Crippen MR) is 134 cm³/mol. The Morgan fingerprint density at radius 3 is 2.76 bits per heavy atom. The molecule has 6 nitrogen and oxygen atoms in total. The van der Waals surface area contributed by atoms with Gasteiger partial charge < -0.3 is 21.5 Å². The maximum absolute atomic E-state index is 13.4. The molecule has 0 radical (unpaired) electrons. The van der Waals surface area contributed by atoms with Crippen molar-refractivity contribution >= 4 is 34.7 Å². The molecule has 0 aliphatic heterocycles. The second-order valence-electron chi connectivity index (χ2n) is 8.28. The standard InChI is InChI=1S/C26H26ClFN4O2/c27-19-6-9-22(18(12-19)14-28)31-20-7-10-24(33)21(13-20)23-8-5-17(26(29)32-23)15-30-25(34)11-16-3-1-2-4-16/h1,3,5-10,12-13,16,31,33H,2,4,11,14-15H2,(H2,29,32)(H,30,34). The highest BCUT2D eigenvalue weighted by Gasteiger charge is 2.15. The molecule has 34 heavy (non-hydrogen) atoms. The second kappa shape index (κ2) is 10.6. The van der Waals surface area contributed by atoms with Gasteiger partial charge in [0.25, 0.3) is 0 Å². The molecule has 0 spiro atoms. The molecule has 5 N–H and O–H groups in total. The molecule has 8 heteroatoms. The summed E-state index contributed by atoms with van der Waals surface area (Å²) in [6.07, 6.45) is 6.69. The van der Waals surface area contributed by atoms with E-state index in [2.05, 4.69) is 27.8 Å². The minimum atomic E-state index is -0.665. The number of benzene rings is 2. The predicted octanol–water partition coefficient (Wildman–Crippen LogP) is 5.88. The number of halogens is 2. The van der Waals surface area contributed by atoms with Gasteiger partial charge in [-0.15, -0.1) is 0 Å². The lowest BCUT2D eigenvalue weighted by Crippen LogP contribution is -2.25. The number of carbonyl (C=O) groups is 1. The molecular weight excluding hydrogens is 455 g/mol. The molecule has 1 atom stereocenters. The number of rotatable bonds is 8. The number of nitrogens with one attached hydrogen (secondary N) is 2. The molecular formula is C26H26ClFN4O2. The average molecular weight is 481 g/mol. The smallest absolute Gasteiger partial charge is 0.220 e. The van der Waals surface area contributed by atoms with E-state index in [4.69, 9.17) is 17.3 Å². The fourth-order valence-corrected chi connectivity index (χ4v) is 4.14. The summed E-state index contributed by atoms with van der Waals surface area (Å²) in [6, 6.07) is 13.4. The first-order valence-corrected chi connectivity index (χ1v) is 11.4. The summed E-state index contributed by atoms with van der Waals surface area (Å²) in [5.74, 6) is 0.584. The van der Waals surface area contributed by atoms with Crippen LogP contribution in [0.3, 0.4) is 0 Å². The maximum Gasteiger partial charge on any atom is 0.220 e. The lowest BCUT2D eigenvalue weighted by molar-refractivity contribution is -0.121. The highest BCUT2D eigenvalue weighted by molar-refractivity contribution is 6.30. The van der Waals surface area contributed by atoms with Gasteiger partial charge in [0.05, 0.1) is 5.69 Å². The minimum Gasteiger partial charge on any atom is -0.507 e. The third-order valence-electron chi connectivity index (χ3n) is 5.81. The Hall–Kier alpha value is -3.58. The number of pyridine rings is 1. The fourth-order valence-electron chi connectivity index (χ4n) is 3.94. The molecule has 176 valence electrons. The summed E-state index contributed by atoms with van der Waals surface area (Å²) in [4.78, 5) is 16.6. The van der Waals surface area contributed by atoms with Gasteiger partial charge in [0.15, 0.2) is 0 Å². The van der Waals surface area contributed by atoms with E-state index in [1.54, 1.807) is 42.5 Å². The van der Waals surface area contributed by atoms with Crippen LogP contribution in [-0.4, -0.2) is 16.0 Å². The van der Waals surface area contributed by atoms with Gasteiger partial charge in [-0.1, -0.05) is 29.8 Å². The summed E-state index contributed by atoms with van der Waals surface area (Å²) < 4.78 is 13.4. The molecule has 2 aromatic carbocycles. The molecule has 1 aliphatic carbocycles. The number of phenolic OH excluding ortho intramolecular Hbond substituents is 1. The van der Waals surface area contributed by atoms with Crippen molar-refractivity contribution in [1.82, 2.24) is 10.3 Å². The molecule has 0 saturated carbocycles. The molecule has 1 heterocycles. The van der Waals surface area contributed by atoms with Gasteiger partial charge in [0.1, 0.15) is 18.2 Å². The number of nitrogens with two attached hydrogens (primary N) is 1. The number of aromatic nitrogens is 1. The van der Waals surface area contributed by atoms with Crippen molar-refractivity contribution in [3.63, 3.8) is 0 Å². The Balaban J connectivity index is 1.48. The summed E-state index contributed by atoms with van der Waals surface area (Å²) in [7, 11) is 0. The van der Waals surface area contributed by atoms with Gasteiger partial charge in [-0.3, -0.25) is 4.79 Å². The van der Waals surface area contributed by atoms with E-state index >= 15 is 0 Å². The number of allylic oxidation sites excluding steroid dienone is 2. The zero-order valence-corrected chi connectivity index (χ0v) is 19.3. The normalized spacial score (nSPS) is 14.8. The Labute approximate surface area is 202 Å². The van der Waals surface area contributed by atoms with Crippen LogP contribution in [0.5, 0.6) is 5.75 Å². The second-order valence-corrected chi connectivity index (χ2v) is 8.72. The van der Waals surface area contributed by atoms with Gasteiger partial charge >= 0.3 is 0 Å². The number of carbonyl (C=O) groups excluding carboxylic acids is 1. The van der Waals surface area contributed by atoms with Crippen molar-refractivity contribution in [3.8, 4) is 17.0 Å². The van der Waals surface area contributed by atoms with Gasteiger partial charge in [0.2, 0.25) is 5.91 Å². The summed E-state index contributed by atoms with van der Waals surface area (Å²) in [6.45, 7) is -0.383. The molecule has 0 fully saturated rings. The Morgan fingerprint density at radius 1 is 1.18 bits per heavy atom. The van der Waals surface area contributed by atoms with Crippen molar-refractivity contribution in [2.75, 3.05) is 11.1 Å². The van der Waals surface area contributed by atoms with Gasteiger partial charge in [0, 0.05) is 46.1 Å². The quantitative estimate of drug-likeness (QED) is 0.238. The van der Waals surface area contributed by atoms with Gasteiger partial charge in [-0.05, 0) is 61.2 Å². The molecule has 0 bridgehead atoms. The zero-order chi connectivity index (χ0) is 24.1. The number of nitrogens with zero attached hydrogens (tertiary/aromatic N) is 1. The molecule has 1 aliphatic rings. The number of hydrogen-bond acceptors (Lipinski definition) is 5. The zero-order valence-electron chi connectivity index (χ0n) is 18.5. The van der Waals surface area contributed by atoms with E-state index < -0.39 is 6.67 Å². The van der Waals surface area contributed by atoms with Crippen molar-refractivity contribution in [2.45, 2.75) is 32.5 Å². The van der Waals surface area contributed by atoms with E-state index in [-0.39, 0.29) is 24.0 Å². The first kappa shape index (κ1) is 23.6. The molecule has 1 amide bonds. The van der Waals surface area contributed by atoms with Crippen LogP contribution in [0.4, 0.5) is 21.6 Å².